The lowest BCUT2D eigenvalue weighted by Crippen LogP contribution is -2.14. The molecule has 0 saturated carbocycles. The zero-order chi connectivity index (χ0) is 18.0. The third-order valence-electron chi connectivity index (χ3n) is 3.41. The van der Waals surface area contributed by atoms with Crippen LogP contribution in [0.5, 0.6) is 5.75 Å². The SMILES string of the molecule is CCOC(=O)Nc1cc(O)ccc1-c1cc(=O)c2c[nH]c(=O)cc2o1. The number of rotatable bonds is 3. The van der Waals surface area contributed by atoms with Gasteiger partial charge >= 0.3 is 6.09 Å². The summed E-state index contributed by atoms with van der Waals surface area (Å²) >= 11 is 0. The number of H-pyrrole nitrogens is 1. The van der Waals surface area contributed by atoms with Crippen LogP contribution in [-0.4, -0.2) is 22.8 Å². The van der Waals surface area contributed by atoms with E-state index in [1.807, 2.05) is 0 Å². The quantitative estimate of drug-likeness (QED) is 0.672. The Kier molecular flexibility index (Phi) is 4.25. The van der Waals surface area contributed by atoms with E-state index in [-0.39, 0.29) is 40.2 Å². The van der Waals surface area contributed by atoms with E-state index in [0.29, 0.717) is 5.56 Å². The first-order chi connectivity index (χ1) is 12.0. The molecule has 3 rings (SSSR count). The van der Waals surface area contributed by atoms with Crippen LogP contribution in [0.25, 0.3) is 22.3 Å². The molecule has 0 radical (unpaired) electrons. The Balaban J connectivity index is 2.16. The van der Waals surface area contributed by atoms with Crippen molar-refractivity contribution >= 4 is 22.7 Å². The van der Waals surface area contributed by atoms with Gasteiger partial charge in [-0.3, -0.25) is 14.9 Å². The van der Waals surface area contributed by atoms with Crippen LogP contribution in [0.15, 0.2) is 50.5 Å². The summed E-state index contributed by atoms with van der Waals surface area (Å²) in [4.78, 5) is 37.8. The summed E-state index contributed by atoms with van der Waals surface area (Å²) in [5, 5.41) is 12.4. The van der Waals surface area contributed by atoms with E-state index in [2.05, 4.69) is 10.3 Å². The number of benzene rings is 1. The van der Waals surface area contributed by atoms with Crippen molar-refractivity contribution < 1.29 is 19.1 Å². The zero-order valence-corrected chi connectivity index (χ0v) is 13.2. The molecule has 25 heavy (non-hydrogen) atoms. The van der Waals surface area contributed by atoms with Crippen LogP contribution in [0.3, 0.4) is 0 Å². The molecule has 0 atom stereocenters. The zero-order valence-electron chi connectivity index (χ0n) is 13.2. The minimum Gasteiger partial charge on any atom is -0.508 e. The van der Waals surface area contributed by atoms with Crippen molar-refractivity contribution in [2.75, 3.05) is 11.9 Å². The van der Waals surface area contributed by atoms with E-state index in [4.69, 9.17) is 9.15 Å². The van der Waals surface area contributed by atoms with E-state index < -0.39 is 11.7 Å². The Morgan fingerprint density at radius 1 is 1.28 bits per heavy atom. The van der Waals surface area contributed by atoms with E-state index in [1.165, 1.54) is 36.5 Å². The molecule has 0 aliphatic carbocycles. The van der Waals surface area contributed by atoms with Crippen LogP contribution < -0.4 is 16.3 Å². The summed E-state index contributed by atoms with van der Waals surface area (Å²) < 4.78 is 10.5. The lowest BCUT2D eigenvalue weighted by atomic mass is 10.1. The second kappa shape index (κ2) is 6.52. The molecule has 0 spiro atoms. The van der Waals surface area contributed by atoms with E-state index >= 15 is 0 Å². The first kappa shape index (κ1) is 16.3. The number of hydrogen-bond acceptors (Lipinski definition) is 6. The van der Waals surface area contributed by atoms with Crippen LogP contribution >= 0.6 is 0 Å². The predicted molar refractivity (Wildman–Crippen MR) is 90.9 cm³/mol. The summed E-state index contributed by atoms with van der Waals surface area (Å²) in [6.07, 6.45) is 0.566. The van der Waals surface area contributed by atoms with E-state index in [1.54, 1.807) is 6.92 Å². The van der Waals surface area contributed by atoms with Gasteiger partial charge in [0.25, 0.3) is 5.56 Å². The molecule has 0 unspecified atom stereocenters. The summed E-state index contributed by atoms with van der Waals surface area (Å²) in [5.41, 5.74) is -0.108. The summed E-state index contributed by atoms with van der Waals surface area (Å²) in [7, 11) is 0. The van der Waals surface area contributed by atoms with Gasteiger partial charge in [-0.2, -0.15) is 0 Å². The van der Waals surface area contributed by atoms with Gasteiger partial charge in [0.2, 0.25) is 0 Å². The highest BCUT2D eigenvalue weighted by molar-refractivity contribution is 5.91. The number of nitrogens with one attached hydrogen (secondary N) is 2. The Labute approximate surface area is 140 Å². The number of anilines is 1. The molecule has 2 aromatic heterocycles. The molecule has 0 aliphatic rings. The Bertz CT molecular complexity index is 1070. The normalized spacial score (nSPS) is 10.6. The summed E-state index contributed by atoms with van der Waals surface area (Å²) in [6, 6.07) is 6.57. The number of aromatic hydroxyl groups is 1. The fourth-order valence-corrected chi connectivity index (χ4v) is 2.34. The Hall–Kier alpha value is -3.55. The number of ether oxygens (including phenoxy) is 1. The molecule has 3 N–H and O–H groups in total. The molecule has 0 aliphatic heterocycles. The number of phenolic OH excluding ortho intramolecular Hbond substituents is 1. The van der Waals surface area contributed by atoms with Gasteiger partial charge in [-0.25, -0.2) is 4.79 Å². The van der Waals surface area contributed by atoms with Crippen LogP contribution in [0.1, 0.15) is 6.92 Å². The average molecular weight is 342 g/mol. The number of carbonyl (C=O) groups is 1. The van der Waals surface area contributed by atoms with Gasteiger partial charge in [0.15, 0.2) is 5.43 Å². The van der Waals surface area contributed by atoms with Crippen molar-refractivity contribution in [2.24, 2.45) is 0 Å². The second-order valence-electron chi connectivity index (χ2n) is 5.13. The molecule has 1 amide bonds. The van der Waals surface area contributed by atoms with E-state index in [9.17, 15) is 19.5 Å². The Morgan fingerprint density at radius 3 is 2.84 bits per heavy atom. The molecule has 128 valence electrons. The molecule has 8 heteroatoms. The van der Waals surface area contributed by atoms with Crippen LogP contribution in [0, 0.1) is 0 Å². The summed E-state index contributed by atoms with van der Waals surface area (Å²) in [6.45, 7) is 1.83. The first-order valence-corrected chi connectivity index (χ1v) is 7.41. The van der Waals surface area contributed by atoms with Crippen molar-refractivity contribution in [3.05, 3.63) is 57.1 Å². The Morgan fingerprint density at radius 2 is 2.08 bits per heavy atom. The molecule has 3 aromatic rings. The molecular weight excluding hydrogens is 328 g/mol. The van der Waals surface area contributed by atoms with Gasteiger partial charge in [0.1, 0.15) is 17.1 Å². The number of pyridine rings is 1. The number of fused-ring (bicyclic) bond motifs is 1. The van der Waals surface area contributed by atoms with Crippen molar-refractivity contribution in [1.82, 2.24) is 4.98 Å². The fraction of sp³-hybridized carbons (Fsp3) is 0.118. The van der Waals surface area contributed by atoms with Gasteiger partial charge in [-0.05, 0) is 19.1 Å². The van der Waals surface area contributed by atoms with Crippen LogP contribution in [-0.2, 0) is 4.74 Å². The van der Waals surface area contributed by atoms with Gasteiger partial charge in [0.05, 0.1) is 17.7 Å². The molecular formula is C17H14N2O6. The largest absolute Gasteiger partial charge is 0.508 e. The summed E-state index contributed by atoms with van der Waals surface area (Å²) in [5.74, 6) is 0.0463. The standard InChI is InChI=1S/C17H14N2O6/c1-2-24-17(23)19-12-5-9(20)3-4-10(12)14-6-13(21)11-8-18-16(22)7-15(11)25-14/h3-8,20H,2H2,1H3,(H,18,22)(H,19,23). The fourth-order valence-electron chi connectivity index (χ4n) is 2.34. The van der Waals surface area contributed by atoms with Crippen LogP contribution in [0.2, 0.25) is 0 Å². The van der Waals surface area contributed by atoms with E-state index in [0.717, 1.165) is 0 Å². The molecule has 8 nitrogen and oxygen atoms in total. The van der Waals surface area contributed by atoms with Gasteiger partial charge in [0, 0.05) is 30.0 Å². The monoisotopic (exact) mass is 342 g/mol. The topological polar surface area (TPSA) is 122 Å². The highest BCUT2D eigenvalue weighted by Crippen LogP contribution is 2.31. The lowest BCUT2D eigenvalue weighted by molar-refractivity contribution is 0.168. The smallest absolute Gasteiger partial charge is 0.411 e. The molecule has 0 fully saturated rings. The third-order valence-corrected chi connectivity index (χ3v) is 3.41. The highest BCUT2D eigenvalue weighted by atomic mass is 16.5. The maximum absolute atomic E-state index is 12.2. The molecule has 1 aromatic carbocycles. The minimum atomic E-state index is -0.714. The number of amides is 1. The van der Waals surface area contributed by atoms with Crippen molar-refractivity contribution in [3.8, 4) is 17.1 Å². The number of hydrogen-bond donors (Lipinski definition) is 3. The van der Waals surface area contributed by atoms with Crippen molar-refractivity contribution in [1.29, 1.82) is 0 Å². The van der Waals surface area contributed by atoms with Crippen molar-refractivity contribution in [3.63, 3.8) is 0 Å². The second-order valence-corrected chi connectivity index (χ2v) is 5.13. The lowest BCUT2D eigenvalue weighted by Gasteiger charge is -2.11. The maximum atomic E-state index is 12.2. The van der Waals surface area contributed by atoms with Crippen molar-refractivity contribution in [2.45, 2.75) is 6.92 Å². The highest BCUT2D eigenvalue weighted by Gasteiger charge is 2.14. The van der Waals surface area contributed by atoms with Gasteiger partial charge < -0.3 is 19.2 Å². The van der Waals surface area contributed by atoms with Gasteiger partial charge in [-0.15, -0.1) is 0 Å². The first-order valence-electron chi connectivity index (χ1n) is 7.41. The number of aromatic amines is 1. The molecule has 0 saturated heterocycles. The third kappa shape index (κ3) is 3.37. The maximum Gasteiger partial charge on any atom is 0.411 e. The van der Waals surface area contributed by atoms with Crippen LogP contribution in [0.4, 0.5) is 10.5 Å². The molecule has 0 bridgehead atoms. The van der Waals surface area contributed by atoms with Gasteiger partial charge in [-0.1, -0.05) is 0 Å². The molecule has 2 heterocycles. The number of phenols is 1. The minimum absolute atomic E-state index is 0.0878. The predicted octanol–water partition coefficient (Wildman–Crippen LogP) is 2.42. The number of carbonyl (C=O) groups excluding carboxylic acids is 1. The average Bonchev–Trinajstić information content (AvgIpc) is 2.54. The number of aromatic nitrogens is 1.